The third kappa shape index (κ3) is 5.02. The average molecular weight is 451 g/mol. The van der Waals surface area contributed by atoms with Crippen LogP contribution in [0.4, 0.5) is 4.79 Å². The Labute approximate surface area is 190 Å². The summed E-state index contributed by atoms with van der Waals surface area (Å²) in [6.45, 7) is -0.526. The molecule has 2 aromatic rings. The number of hydrogen-bond acceptors (Lipinski definition) is 6. The van der Waals surface area contributed by atoms with E-state index in [1.807, 2.05) is 12.1 Å². The van der Waals surface area contributed by atoms with Crippen molar-refractivity contribution in [3.05, 3.63) is 47.5 Å². The Kier molecular flexibility index (Phi) is 6.67. The van der Waals surface area contributed by atoms with Gasteiger partial charge in [0, 0.05) is 35.5 Å². The Bertz CT molecular complexity index is 1070. The van der Waals surface area contributed by atoms with Crippen LogP contribution >= 0.6 is 0 Å². The molecule has 0 atom stereocenters. The van der Waals surface area contributed by atoms with Gasteiger partial charge in [-0.25, -0.2) is 4.79 Å². The van der Waals surface area contributed by atoms with Crippen LogP contribution in [0.1, 0.15) is 59.2 Å². The summed E-state index contributed by atoms with van der Waals surface area (Å²) in [5.41, 5.74) is 0.913. The Balaban J connectivity index is 1.23. The van der Waals surface area contributed by atoms with Gasteiger partial charge in [0.25, 0.3) is 17.7 Å². The lowest BCUT2D eigenvalue weighted by Gasteiger charge is -2.27. The van der Waals surface area contributed by atoms with Crippen molar-refractivity contribution < 1.29 is 28.7 Å². The molecule has 5 amide bonds. The number of rotatable bonds is 7. The van der Waals surface area contributed by atoms with Gasteiger partial charge in [-0.15, -0.1) is 0 Å². The first-order valence-corrected chi connectivity index (χ1v) is 11.1. The van der Waals surface area contributed by atoms with Gasteiger partial charge in [-0.1, -0.05) is 37.1 Å². The molecule has 9 nitrogen and oxygen atoms in total. The van der Waals surface area contributed by atoms with Gasteiger partial charge < -0.3 is 10.1 Å². The Hall–Kier alpha value is -3.75. The van der Waals surface area contributed by atoms with E-state index in [2.05, 4.69) is 10.6 Å². The van der Waals surface area contributed by atoms with Crippen LogP contribution in [0.3, 0.4) is 0 Å². The quantitative estimate of drug-likeness (QED) is 0.493. The van der Waals surface area contributed by atoms with Crippen LogP contribution in [0.5, 0.6) is 0 Å². The lowest BCUT2D eigenvalue weighted by atomic mass is 9.94. The smallest absolute Gasteiger partial charge is 0.321 e. The van der Waals surface area contributed by atoms with E-state index < -0.39 is 36.3 Å². The van der Waals surface area contributed by atoms with Gasteiger partial charge in [-0.2, -0.15) is 0 Å². The van der Waals surface area contributed by atoms with Crippen molar-refractivity contribution >= 4 is 40.5 Å². The zero-order valence-corrected chi connectivity index (χ0v) is 18.1. The second-order valence-corrected chi connectivity index (χ2v) is 8.24. The first kappa shape index (κ1) is 22.4. The van der Waals surface area contributed by atoms with E-state index in [0.717, 1.165) is 36.0 Å². The van der Waals surface area contributed by atoms with Crippen molar-refractivity contribution in [3.8, 4) is 0 Å². The molecule has 172 valence electrons. The van der Waals surface area contributed by atoms with Crippen LogP contribution in [0, 0.1) is 0 Å². The van der Waals surface area contributed by atoms with Crippen molar-refractivity contribution in [2.24, 2.45) is 0 Å². The SMILES string of the molecule is O=C(COC(=O)CCCN1C(=O)c2cccc3cccc(c23)C1=O)NC(=O)NC1CCCC1. The zero-order chi connectivity index (χ0) is 23.4. The number of amides is 5. The molecule has 2 aromatic carbocycles. The molecular formula is C24H25N3O6. The van der Waals surface area contributed by atoms with Crippen LogP contribution in [0.15, 0.2) is 36.4 Å². The van der Waals surface area contributed by atoms with E-state index >= 15 is 0 Å². The summed E-state index contributed by atoms with van der Waals surface area (Å²) in [4.78, 5) is 62.3. The molecule has 33 heavy (non-hydrogen) atoms. The Morgan fingerprint density at radius 3 is 2.24 bits per heavy atom. The minimum atomic E-state index is -0.718. The van der Waals surface area contributed by atoms with Crippen molar-refractivity contribution in [1.29, 1.82) is 0 Å². The van der Waals surface area contributed by atoms with Gasteiger partial charge in [-0.05, 0) is 36.8 Å². The van der Waals surface area contributed by atoms with E-state index in [1.165, 1.54) is 0 Å². The van der Waals surface area contributed by atoms with E-state index in [4.69, 9.17) is 4.74 Å². The summed E-state index contributed by atoms with van der Waals surface area (Å²) < 4.78 is 4.90. The zero-order valence-electron chi connectivity index (χ0n) is 18.1. The number of carbonyl (C=O) groups excluding carboxylic acids is 5. The van der Waals surface area contributed by atoms with Crippen LogP contribution in [0.2, 0.25) is 0 Å². The number of carbonyl (C=O) groups is 5. The molecule has 1 saturated carbocycles. The molecule has 1 heterocycles. The fourth-order valence-corrected chi connectivity index (χ4v) is 4.34. The summed E-state index contributed by atoms with van der Waals surface area (Å²) in [6.07, 6.45) is 3.99. The highest BCUT2D eigenvalue weighted by molar-refractivity contribution is 6.25. The maximum absolute atomic E-state index is 12.8. The predicted molar refractivity (Wildman–Crippen MR) is 118 cm³/mol. The summed E-state index contributed by atoms with van der Waals surface area (Å²) in [7, 11) is 0. The van der Waals surface area contributed by atoms with Gasteiger partial charge >= 0.3 is 12.0 Å². The van der Waals surface area contributed by atoms with Crippen molar-refractivity contribution in [1.82, 2.24) is 15.5 Å². The number of benzene rings is 2. The molecular weight excluding hydrogens is 426 g/mol. The molecule has 1 aliphatic carbocycles. The first-order chi connectivity index (χ1) is 15.9. The fourth-order valence-electron chi connectivity index (χ4n) is 4.34. The highest BCUT2D eigenvalue weighted by Gasteiger charge is 2.32. The lowest BCUT2D eigenvalue weighted by molar-refractivity contribution is -0.148. The van der Waals surface area contributed by atoms with E-state index in [9.17, 15) is 24.0 Å². The average Bonchev–Trinajstić information content (AvgIpc) is 3.31. The molecule has 0 radical (unpaired) electrons. The van der Waals surface area contributed by atoms with Crippen molar-refractivity contribution in [2.75, 3.05) is 13.2 Å². The second-order valence-electron chi connectivity index (χ2n) is 8.24. The molecule has 1 fully saturated rings. The second kappa shape index (κ2) is 9.81. The molecule has 4 rings (SSSR count). The van der Waals surface area contributed by atoms with E-state index in [0.29, 0.717) is 16.5 Å². The third-order valence-corrected chi connectivity index (χ3v) is 5.93. The first-order valence-electron chi connectivity index (χ1n) is 11.1. The van der Waals surface area contributed by atoms with Crippen LogP contribution in [0.25, 0.3) is 10.8 Å². The maximum Gasteiger partial charge on any atom is 0.321 e. The number of hydrogen-bond donors (Lipinski definition) is 2. The molecule has 9 heteroatoms. The van der Waals surface area contributed by atoms with Crippen molar-refractivity contribution in [3.63, 3.8) is 0 Å². The summed E-state index contributed by atoms with van der Waals surface area (Å²) in [6, 6.07) is 10.1. The molecule has 0 unspecified atom stereocenters. The van der Waals surface area contributed by atoms with E-state index in [-0.39, 0.29) is 25.4 Å². The summed E-state index contributed by atoms with van der Waals surface area (Å²) in [5.74, 6) is -2.17. The van der Waals surface area contributed by atoms with Gasteiger partial charge in [0.2, 0.25) is 0 Å². The molecule has 1 aliphatic heterocycles. The highest BCUT2D eigenvalue weighted by atomic mass is 16.5. The van der Waals surface area contributed by atoms with E-state index in [1.54, 1.807) is 24.3 Å². The number of nitrogens with one attached hydrogen (secondary N) is 2. The largest absolute Gasteiger partial charge is 0.456 e. The number of ether oxygens (including phenoxy) is 1. The Morgan fingerprint density at radius 2 is 1.61 bits per heavy atom. The normalized spacial score (nSPS) is 15.6. The number of nitrogens with zero attached hydrogens (tertiary/aromatic N) is 1. The van der Waals surface area contributed by atoms with Gasteiger partial charge in [0.1, 0.15) is 0 Å². The molecule has 2 N–H and O–H groups in total. The topological polar surface area (TPSA) is 122 Å². The molecule has 0 bridgehead atoms. The molecule has 0 saturated heterocycles. The molecule has 0 aromatic heterocycles. The van der Waals surface area contributed by atoms with Gasteiger partial charge in [-0.3, -0.25) is 29.4 Å². The standard InChI is InChI=1S/C24H25N3O6/c28-19(26-24(32)25-16-8-1-2-9-16)14-33-20(29)12-5-13-27-22(30)17-10-3-6-15-7-4-11-18(21(15)17)23(27)31/h3-4,6-7,10-11,16H,1-2,5,8-9,12-14H2,(H2,25,26,28,32). The minimum Gasteiger partial charge on any atom is -0.456 e. The van der Waals surface area contributed by atoms with Crippen LogP contribution in [-0.2, 0) is 14.3 Å². The van der Waals surface area contributed by atoms with Crippen molar-refractivity contribution in [2.45, 2.75) is 44.6 Å². The maximum atomic E-state index is 12.8. The van der Waals surface area contributed by atoms with Crippen LogP contribution in [-0.4, -0.2) is 53.8 Å². The summed E-state index contributed by atoms with van der Waals surface area (Å²) in [5, 5.41) is 6.32. The lowest BCUT2D eigenvalue weighted by Crippen LogP contribution is -2.45. The minimum absolute atomic E-state index is 0.0491. The number of esters is 1. The number of imide groups is 2. The van der Waals surface area contributed by atoms with Crippen LogP contribution < -0.4 is 10.6 Å². The third-order valence-electron chi connectivity index (χ3n) is 5.93. The number of urea groups is 1. The summed E-state index contributed by atoms with van der Waals surface area (Å²) >= 11 is 0. The molecule has 2 aliphatic rings. The van der Waals surface area contributed by atoms with Gasteiger partial charge in [0.15, 0.2) is 6.61 Å². The molecule has 0 spiro atoms. The fraction of sp³-hybridized carbons (Fsp3) is 0.375. The monoisotopic (exact) mass is 451 g/mol. The predicted octanol–water partition coefficient (Wildman–Crippen LogP) is 2.53. The Morgan fingerprint density at radius 1 is 0.970 bits per heavy atom. The van der Waals surface area contributed by atoms with Gasteiger partial charge in [0.05, 0.1) is 0 Å². The highest BCUT2D eigenvalue weighted by Crippen LogP contribution is 2.30.